The zero-order valence-corrected chi connectivity index (χ0v) is 18.9. The third kappa shape index (κ3) is 5.15. The van der Waals surface area contributed by atoms with Gasteiger partial charge in [-0.25, -0.2) is 8.42 Å². The summed E-state index contributed by atoms with van der Waals surface area (Å²) in [6, 6.07) is 17.4. The van der Waals surface area contributed by atoms with Crippen LogP contribution in [0.2, 0.25) is 0 Å². The number of nitrogens with one attached hydrogen (secondary N) is 2. The summed E-state index contributed by atoms with van der Waals surface area (Å²) in [4.78, 5) is 24.1. The van der Waals surface area contributed by atoms with Crippen LogP contribution in [0.4, 0.5) is 5.69 Å². The molecule has 0 saturated carbocycles. The van der Waals surface area contributed by atoms with Crippen molar-refractivity contribution < 1.29 is 27.3 Å². The van der Waals surface area contributed by atoms with Crippen molar-refractivity contribution in [1.29, 1.82) is 0 Å². The molecule has 0 aliphatic rings. The minimum Gasteiger partial charge on any atom is -0.496 e. The average molecular weight is 495 g/mol. The summed E-state index contributed by atoms with van der Waals surface area (Å²) in [5, 5.41) is 18.8. The number of methoxy groups -OCH3 is 1. The second-order valence-corrected chi connectivity index (χ2v) is 8.68. The van der Waals surface area contributed by atoms with Crippen LogP contribution < -0.4 is 15.0 Å². The molecule has 4 aromatic rings. The standard InChI is InChI=1S/C22H17N5O7S/c1-33-19-5-3-2-4-18(19)22-25-24-21(34-22)15-8-6-14(7-9-15)20(28)23-26-35(31,32)17-12-10-16(11-13-17)27(29)30/h2-13,26H,1H3,(H,23,28). The first-order valence-corrected chi connectivity index (χ1v) is 11.4. The molecule has 0 spiro atoms. The van der Waals surface area contributed by atoms with Gasteiger partial charge in [-0.2, -0.15) is 0 Å². The Balaban J connectivity index is 1.43. The van der Waals surface area contributed by atoms with E-state index in [1.165, 1.54) is 19.2 Å². The van der Waals surface area contributed by atoms with E-state index in [2.05, 4.69) is 15.6 Å². The van der Waals surface area contributed by atoms with Gasteiger partial charge in [0, 0.05) is 23.3 Å². The minimum atomic E-state index is -4.13. The zero-order valence-electron chi connectivity index (χ0n) is 18.0. The smallest absolute Gasteiger partial charge is 0.269 e. The molecule has 0 aliphatic heterocycles. The van der Waals surface area contributed by atoms with Gasteiger partial charge in [-0.3, -0.25) is 20.3 Å². The van der Waals surface area contributed by atoms with Gasteiger partial charge in [-0.1, -0.05) is 12.1 Å². The van der Waals surface area contributed by atoms with E-state index in [1.807, 2.05) is 17.0 Å². The van der Waals surface area contributed by atoms with Crippen molar-refractivity contribution in [2.75, 3.05) is 7.11 Å². The van der Waals surface area contributed by atoms with Crippen LogP contribution in [-0.2, 0) is 10.0 Å². The van der Waals surface area contributed by atoms with Crippen LogP contribution in [0, 0.1) is 10.1 Å². The largest absolute Gasteiger partial charge is 0.496 e. The normalized spacial score (nSPS) is 11.1. The second kappa shape index (κ2) is 9.70. The topological polar surface area (TPSA) is 167 Å². The summed E-state index contributed by atoms with van der Waals surface area (Å²) in [5.41, 5.74) is 3.17. The molecule has 3 aromatic carbocycles. The number of hydrogen-bond donors (Lipinski definition) is 2. The first-order chi connectivity index (χ1) is 16.8. The average Bonchev–Trinajstić information content (AvgIpc) is 3.37. The Morgan fingerprint density at radius 1 is 0.971 bits per heavy atom. The highest BCUT2D eigenvalue weighted by atomic mass is 32.2. The van der Waals surface area contributed by atoms with E-state index in [9.17, 15) is 23.3 Å². The lowest BCUT2D eigenvalue weighted by atomic mass is 10.1. The molecule has 12 nitrogen and oxygen atoms in total. The number of non-ortho nitro benzene ring substituents is 1. The van der Waals surface area contributed by atoms with Crippen LogP contribution in [-0.4, -0.2) is 36.6 Å². The molecule has 4 rings (SSSR count). The molecule has 0 bridgehead atoms. The number of hydrazine groups is 1. The summed E-state index contributed by atoms with van der Waals surface area (Å²) >= 11 is 0. The number of benzene rings is 3. The fourth-order valence-electron chi connectivity index (χ4n) is 3.03. The number of para-hydroxylation sites is 1. The van der Waals surface area contributed by atoms with E-state index < -0.39 is 20.9 Å². The van der Waals surface area contributed by atoms with Crippen molar-refractivity contribution in [2.24, 2.45) is 0 Å². The molecule has 13 heteroatoms. The van der Waals surface area contributed by atoms with Crippen LogP contribution in [0.25, 0.3) is 22.9 Å². The quantitative estimate of drug-likeness (QED) is 0.276. The van der Waals surface area contributed by atoms with Crippen molar-refractivity contribution in [3.63, 3.8) is 0 Å². The lowest BCUT2D eigenvalue weighted by Gasteiger charge is -2.08. The van der Waals surface area contributed by atoms with Crippen molar-refractivity contribution in [2.45, 2.75) is 4.90 Å². The number of carbonyl (C=O) groups excluding carboxylic acids is 1. The molecule has 0 atom stereocenters. The fourth-order valence-corrected chi connectivity index (χ4v) is 3.87. The number of nitro groups is 1. The van der Waals surface area contributed by atoms with E-state index in [0.29, 0.717) is 16.9 Å². The van der Waals surface area contributed by atoms with Gasteiger partial charge in [0.15, 0.2) is 0 Å². The van der Waals surface area contributed by atoms with Crippen LogP contribution in [0.5, 0.6) is 5.75 Å². The molecule has 0 unspecified atom stereocenters. The number of aromatic nitrogens is 2. The molecule has 1 heterocycles. The first kappa shape index (κ1) is 23.5. The number of hydrogen-bond acceptors (Lipinski definition) is 9. The van der Waals surface area contributed by atoms with Gasteiger partial charge in [0.1, 0.15) is 5.75 Å². The van der Waals surface area contributed by atoms with Crippen LogP contribution in [0.1, 0.15) is 10.4 Å². The fraction of sp³-hybridized carbons (Fsp3) is 0.0455. The molecule has 0 radical (unpaired) electrons. The monoisotopic (exact) mass is 495 g/mol. The Morgan fingerprint density at radius 2 is 1.63 bits per heavy atom. The van der Waals surface area contributed by atoms with E-state index in [0.717, 1.165) is 24.3 Å². The summed E-state index contributed by atoms with van der Waals surface area (Å²) in [5.74, 6) is 0.338. The van der Waals surface area contributed by atoms with Crippen molar-refractivity contribution >= 4 is 21.6 Å². The van der Waals surface area contributed by atoms with E-state index >= 15 is 0 Å². The maximum absolute atomic E-state index is 12.4. The van der Waals surface area contributed by atoms with Gasteiger partial charge in [0.05, 0.1) is 22.5 Å². The highest BCUT2D eigenvalue weighted by Gasteiger charge is 2.18. The number of ether oxygens (including phenoxy) is 1. The van der Waals surface area contributed by atoms with Gasteiger partial charge in [-0.05, 0) is 48.5 Å². The Hall–Kier alpha value is -4.62. The van der Waals surface area contributed by atoms with Gasteiger partial charge in [0.2, 0.25) is 5.89 Å². The van der Waals surface area contributed by atoms with E-state index in [-0.39, 0.29) is 27.9 Å². The summed E-state index contributed by atoms with van der Waals surface area (Å²) in [6.07, 6.45) is 0. The Bertz CT molecular complexity index is 1480. The van der Waals surface area contributed by atoms with Gasteiger partial charge in [0.25, 0.3) is 27.5 Å². The maximum atomic E-state index is 12.4. The molecule has 2 N–H and O–H groups in total. The van der Waals surface area contributed by atoms with Gasteiger partial charge >= 0.3 is 0 Å². The highest BCUT2D eigenvalue weighted by Crippen LogP contribution is 2.30. The van der Waals surface area contributed by atoms with Gasteiger partial charge < -0.3 is 9.15 Å². The second-order valence-electron chi connectivity index (χ2n) is 7.00. The predicted molar refractivity (Wildman–Crippen MR) is 123 cm³/mol. The molecule has 1 aromatic heterocycles. The lowest BCUT2D eigenvalue weighted by Crippen LogP contribution is -2.41. The summed E-state index contributed by atoms with van der Waals surface area (Å²) < 4.78 is 35.7. The summed E-state index contributed by atoms with van der Waals surface area (Å²) in [7, 11) is -2.60. The summed E-state index contributed by atoms with van der Waals surface area (Å²) in [6.45, 7) is 0. The lowest BCUT2D eigenvalue weighted by molar-refractivity contribution is -0.384. The molecule has 1 amide bonds. The van der Waals surface area contributed by atoms with Crippen molar-refractivity contribution in [3.05, 3.63) is 88.5 Å². The Kier molecular flexibility index (Phi) is 6.53. The number of nitro benzene ring substituents is 1. The van der Waals surface area contributed by atoms with Crippen LogP contribution in [0.15, 0.2) is 82.1 Å². The Labute approximate surface area is 198 Å². The molecule has 35 heavy (non-hydrogen) atoms. The molecular weight excluding hydrogens is 478 g/mol. The maximum Gasteiger partial charge on any atom is 0.269 e. The molecule has 0 fully saturated rings. The third-order valence-corrected chi connectivity index (χ3v) is 6.08. The van der Waals surface area contributed by atoms with Gasteiger partial charge in [-0.15, -0.1) is 15.0 Å². The number of carbonyl (C=O) groups is 1. The highest BCUT2D eigenvalue weighted by molar-refractivity contribution is 7.89. The minimum absolute atomic E-state index is 0.157. The number of sulfonamides is 1. The van der Waals surface area contributed by atoms with E-state index in [4.69, 9.17) is 9.15 Å². The first-order valence-electron chi connectivity index (χ1n) is 9.92. The zero-order chi connectivity index (χ0) is 25.0. The SMILES string of the molecule is COc1ccccc1-c1nnc(-c2ccc(C(=O)NNS(=O)(=O)c3ccc([N+](=O)[O-])cc3)cc2)o1. The molecule has 0 saturated heterocycles. The van der Waals surface area contributed by atoms with Crippen LogP contribution >= 0.6 is 0 Å². The Morgan fingerprint density at radius 3 is 2.29 bits per heavy atom. The molecule has 178 valence electrons. The molecule has 0 aliphatic carbocycles. The van der Waals surface area contributed by atoms with Crippen molar-refractivity contribution in [3.8, 4) is 28.7 Å². The predicted octanol–water partition coefficient (Wildman–Crippen LogP) is 2.94. The van der Waals surface area contributed by atoms with E-state index in [1.54, 1.807) is 24.3 Å². The molecular formula is C22H17N5O7S. The number of amides is 1. The van der Waals surface area contributed by atoms with Crippen molar-refractivity contribution in [1.82, 2.24) is 20.5 Å². The number of rotatable bonds is 8. The number of nitrogens with zero attached hydrogens (tertiary/aromatic N) is 3. The van der Waals surface area contributed by atoms with Crippen LogP contribution in [0.3, 0.4) is 0 Å². The third-order valence-electron chi connectivity index (χ3n) is 4.81.